The lowest BCUT2D eigenvalue weighted by Crippen LogP contribution is -2.49. The van der Waals surface area contributed by atoms with Gasteiger partial charge in [-0.2, -0.15) is 0 Å². The van der Waals surface area contributed by atoms with Gasteiger partial charge in [0.2, 0.25) is 0 Å². The van der Waals surface area contributed by atoms with Gasteiger partial charge in [0.05, 0.1) is 0 Å². The lowest BCUT2D eigenvalue weighted by atomic mass is 9.96. The predicted octanol–water partition coefficient (Wildman–Crippen LogP) is 3.95. The van der Waals surface area contributed by atoms with Crippen molar-refractivity contribution in [3.05, 3.63) is 34.3 Å². The first-order valence-corrected chi connectivity index (χ1v) is 8.70. The van der Waals surface area contributed by atoms with E-state index in [4.69, 9.17) is 0 Å². The second-order valence-electron chi connectivity index (χ2n) is 6.58. The molecule has 1 aromatic rings. The van der Waals surface area contributed by atoms with E-state index < -0.39 is 0 Å². The Labute approximate surface area is 131 Å². The molecule has 3 heteroatoms. The predicted molar refractivity (Wildman–Crippen MR) is 87.8 cm³/mol. The van der Waals surface area contributed by atoms with E-state index in [2.05, 4.69) is 57.3 Å². The third-order valence-electron chi connectivity index (χ3n) is 5.05. The van der Waals surface area contributed by atoms with Gasteiger partial charge in [-0.05, 0) is 50.4 Å². The smallest absolute Gasteiger partial charge is 0.0309 e. The summed E-state index contributed by atoms with van der Waals surface area (Å²) in [7, 11) is 0. The first-order chi connectivity index (χ1) is 9.67. The Kier molecular flexibility index (Phi) is 4.49. The molecule has 1 aromatic carbocycles. The van der Waals surface area contributed by atoms with Crippen molar-refractivity contribution in [1.29, 1.82) is 0 Å². The van der Waals surface area contributed by atoms with E-state index in [1.165, 1.54) is 55.2 Å². The van der Waals surface area contributed by atoms with Gasteiger partial charge in [0.15, 0.2) is 0 Å². The van der Waals surface area contributed by atoms with Crippen LogP contribution >= 0.6 is 15.9 Å². The Bertz CT molecular complexity index is 437. The molecule has 1 atom stereocenters. The molecule has 1 N–H and O–H groups in total. The maximum Gasteiger partial charge on any atom is 0.0309 e. The Morgan fingerprint density at radius 3 is 2.65 bits per heavy atom. The second kappa shape index (κ2) is 6.17. The Balaban J connectivity index is 1.73. The highest BCUT2D eigenvalue weighted by Gasteiger charge is 2.37. The van der Waals surface area contributed by atoms with Crippen LogP contribution in [0.25, 0.3) is 0 Å². The Morgan fingerprint density at radius 2 is 1.95 bits per heavy atom. The fourth-order valence-electron chi connectivity index (χ4n) is 3.75. The maximum atomic E-state index is 3.86. The summed E-state index contributed by atoms with van der Waals surface area (Å²) in [6.45, 7) is 5.86. The minimum absolute atomic E-state index is 0.403. The van der Waals surface area contributed by atoms with Gasteiger partial charge in [-0.15, -0.1) is 0 Å². The van der Waals surface area contributed by atoms with E-state index in [1.807, 2.05) is 0 Å². The molecule has 0 bridgehead atoms. The third-order valence-corrected chi connectivity index (χ3v) is 5.58. The third kappa shape index (κ3) is 3.26. The van der Waals surface area contributed by atoms with Gasteiger partial charge in [0, 0.05) is 29.1 Å². The molecule has 0 aromatic heterocycles. The van der Waals surface area contributed by atoms with E-state index in [9.17, 15) is 0 Å². The van der Waals surface area contributed by atoms with Crippen LogP contribution in [0.5, 0.6) is 0 Å². The van der Waals surface area contributed by atoms with Crippen LogP contribution in [0, 0.1) is 0 Å². The van der Waals surface area contributed by atoms with Crippen molar-refractivity contribution < 1.29 is 0 Å². The van der Waals surface area contributed by atoms with Gasteiger partial charge in [0.25, 0.3) is 0 Å². The van der Waals surface area contributed by atoms with Crippen LogP contribution in [0.4, 0.5) is 0 Å². The summed E-state index contributed by atoms with van der Waals surface area (Å²) >= 11 is 3.52. The van der Waals surface area contributed by atoms with Crippen molar-refractivity contribution >= 4 is 15.9 Å². The highest BCUT2D eigenvalue weighted by molar-refractivity contribution is 9.10. The molecule has 2 aliphatic rings. The molecule has 0 radical (unpaired) electrons. The minimum atomic E-state index is 0.403. The number of nitrogens with one attached hydrogen (secondary N) is 1. The molecular weight excluding hydrogens is 312 g/mol. The molecule has 1 saturated carbocycles. The van der Waals surface area contributed by atoms with Gasteiger partial charge in [0.1, 0.15) is 0 Å². The van der Waals surface area contributed by atoms with Crippen LogP contribution in [-0.2, 0) is 6.54 Å². The number of benzene rings is 1. The fourth-order valence-corrected chi connectivity index (χ4v) is 4.02. The molecule has 1 unspecified atom stereocenters. The molecule has 1 spiro atoms. The number of hydrogen-bond donors (Lipinski definition) is 1. The number of rotatable bonds is 2. The van der Waals surface area contributed by atoms with Gasteiger partial charge in [-0.25, -0.2) is 0 Å². The van der Waals surface area contributed by atoms with Crippen LogP contribution < -0.4 is 5.32 Å². The van der Waals surface area contributed by atoms with E-state index in [0.29, 0.717) is 11.6 Å². The average Bonchev–Trinajstić information content (AvgIpc) is 2.83. The first-order valence-electron chi connectivity index (χ1n) is 7.90. The summed E-state index contributed by atoms with van der Waals surface area (Å²) < 4.78 is 1.17. The van der Waals surface area contributed by atoms with Gasteiger partial charge in [-0.3, -0.25) is 4.90 Å². The molecule has 110 valence electrons. The lowest BCUT2D eigenvalue weighted by Gasteiger charge is -2.35. The molecule has 2 fully saturated rings. The summed E-state index contributed by atoms with van der Waals surface area (Å²) in [6.07, 6.45) is 6.77. The average molecular weight is 337 g/mol. The molecule has 1 aliphatic carbocycles. The normalized spacial score (nSPS) is 26.8. The topological polar surface area (TPSA) is 15.3 Å². The highest BCUT2D eigenvalue weighted by atomic mass is 79.9. The van der Waals surface area contributed by atoms with Crippen molar-refractivity contribution in [3.63, 3.8) is 0 Å². The molecule has 0 amide bonds. The Morgan fingerprint density at radius 1 is 1.25 bits per heavy atom. The molecule has 3 rings (SSSR count). The van der Waals surface area contributed by atoms with Crippen LogP contribution in [0.15, 0.2) is 28.7 Å². The largest absolute Gasteiger partial charge is 0.310 e. The summed E-state index contributed by atoms with van der Waals surface area (Å²) in [5, 5.41) is 3.86. The maximum absolute atomic E-state index is 3.86. The zero-order chi connectivity index (χ0) is 14.0. The van der Waals surface area contributed by atoms with Gasteiger partial charge >= 0.3 is 0 Å². The quantitative estimate of drug-likeness (QED) is 0.879. The Hall–Kier alpha value is -0.380. The highest BCUT2D eigenvalue weighted by Crippen LogP contribution is 2.33. The summed E-state index contributed by atoms with van der Waals surface area (Å²) in [5.74, 6) is 0. The molecule has 1 heterocycles. The van der Waals surface area contributed by atoms with E-state index in [-0.39, 0.29) is 0 Å². The first kappa shape index (κ1) is 14.6. The van der Waals surface area contributed by atoms with E-state index in [1.54, 1.807) is 0 Å². The summed E-state index contributed by atoms with van der Waals surface area (Å²) in [6, 6.07) is 9.47. The summed E-state index contributed by atoms with van der Waals surface area (Å²) in [4.78, 5) is 2.69. The van der Waals surface area contributed by atoms with Crippen molar-refractivity contribution in [2.45, 2.75) is 57.2 Å². The lowest BCUT2D eigenvalue weighted by molar-refractivity contribution is 0.160. The molecule has 2 nitrogen and oxygen atoms in total. The number of halogens is 1. The van der Waals surface area contributed by atoms with E-state index in [0.717, 1.165) is 6.54 Å². The van der Waals surface area contributed by atoms with Crippen LogP contribution in [0.1, 0.15) is 44.6 Å². The molecule has 20 heavy (non-hydrogen) atoms. The SMILES string of the molecule is CC1CCNC2(CCCC2)CN1Cc1ccc(Br)cc1. The molecule has 1 saturated heterocycles. The van der Waals surface area contributed by atoms with Crippen LogP contribution in [0.3, 0.4) is 0 Å². The van der Waals surface area contributed by atoms with Crippen molar-refractivity contribution in [2.24, 2.45) is 0 Å². The second-order valence-corrected chi connectivity index (χ2v) is 7.50. The monoisotopic (exact) mass is 336 g/mol. The zero-order valence-electron chi connectivity index (χ0n) is 12.4. The fraction of sp³-hybridized carbons (Fsp3) is 0.647. The van der Waals surface area contributed by atoms with Crippen molar-refractivity contribution in [2.75, 3.05) is 13.1 Å². The number of hydrogen-bond acceptors (Lipinski definition) is 2. The van der Waals surface area contributed by atoms with Crippen molar-refractivity contribution in [3.8, 4) is 0 Å². The van der Waals surface area contributed by atoms with Gasteiger partial charge in [-0.1, -0.05) is 40.9 Å². The zero-order valence-corrected chi connectivity index (χ0v) is 14.0. The van der Waals surface area contributed by atoms with E-state index >= 15 is 0 Å². The minimum Gasteiger partial charge on any atom is -0.310 e. The summed E-state index contributed by atoms with van der Waals surface area (Å²) in [5.41, 5.74) is 1.83. The van der Waals surface area contributed by atoms with Gasteiger partial charge < -0.3 is 5.32 Å². The molecular formula is C17H25BrN2. The molecule has 1 aliphatic heterocycles. The standard InChI is InChI=1S/C17H25BrN2/c1-14-8-11-19-17(9-2-3-10-17)13-20(14)12-15-4-6-16(18)7-5-15/h4-7,14,19H,2-3,8-13H2,1H3. The number of nitrogens with zero attached hydrogens (tertiary/aromatic N) is 1. The van der Waals surface area contributed by atoms with Crippen LogP contribution in [-0.4, -0.2) is 29.6 Å². The van der Waals surface area contributed by atoms with Crippen molar-refractivity contribution in [1.82, 2.24) is 10.2 Å². The van der Waals surface area contributed by atoms with Crippen LogP contribution in [0.2, 0.25) is 0 Å².